The quantitative estimate of drug-likeness (QED) is 0.892. The van der Waals surface area contributed by atoms with Crippen LogP contribution in [0.4, 0.5) is 0 Å². The molecule has 2 rings (SSSR count). The monoisotopic (exact) mass is 263 g/mol. The Labute approximate surface area is 113 Å². The zero-order chi connectivity index (χ0) is 13.1. The molecule has 0 saturated heterocycles. The minimum atomic E-state index is 0.0109. The van der Waals surface area contributed by atoms with Crippen LogP contribution in [-0.4, -0.2) is 6.54 Å². The molecule has 0 aliphatic rings. The first-order valence-electron chi connectivity index (χ1n) is 6.17. The molecule has 1 heterocycles. The van der Waals surface area contributed by atoms with E-state index in [9.17, 15) is 0 Å². The summed E-state index contributed by atoms with van der Waals surface area (Å²) in [7, 11) is 0. The SMILES string of the molecule is CCNC(c1ccc(C)o1)c1ccc(C)cc1Cl. The second-order valence-electron chi connectivity index (χ2n) is 4.46. The minimum absolute atomic E-state index is 0.0109. The van der Waals surface area contributed by atoms with Crippen molar-refractivity contribution in [3.05, 3.63) is 58.0 Å². The van der Waals surface area contributed by atoms with Gasteiger partial charge in [0.1, 0.15) is 11.5 Å². The largest absolute Gasteiger partial charge is 0.464 e. The molecule has 1 aromatic carbocycles. The third-order valence-corrected chi connectivity index (χ3v) is 3.25. The molecule has 0 saturated carbocycles. The van der Waals surface area contributed by atoms with E-state index in [0.717, 1.165) is 34.2 Å². The average Bonchev–Trinajstić information content (AvgIpc) is 2.73. The second-order valence-corrected chi connectivity index (χ2v) is 4.87. The summed E-state index contributed by atoms with van der Waals surface area (Å²) in [5, 5.41) is 4.18. The average molecular weight is 264 g/mol. The highest BCUT2D eigenvalue weighted by molar-refractivity contribution is 6.31. The summed E-state index contributed by atoms with van der Waals surface area (Å²) in [6.07, 6.45) is 0. The molecule has 0 fully saturated rings. The van der Waals surface area contributed by atoms with Crippen molar-refractivity contribution in [2.75, 3.05) is 6.54 Å². The van der Waals surface area contributed by atoms with Crippen LogP contribution in [0.3, 0.4) is 0 Å². The van der Waals surface area contributed by atoms with E-state index in [0.29, 0.717) is 0 Å². The van der Waals surface area contributed by atoms with Crippen LogP contribution >= 0.6 is 11.6 Å². The predicted molar refractivity (Wildman–Crippen MR) is 75.2 cm³/mol. The Hall–Kier alpha value is -1.25. The molecule has 0 spiro atoms. The molecular formula is C15H18ClNO. The van der Waals surface area contributed by atoms with Crippen molar-refractivity contribution in [3.63, 3.8) is 0 Å². The van der Waals surface area contributed by atoms with Crippen molar-refractivity contribution in [2.45, 2.75) is 26.8 Å². The lowest BCUT2D eigenvalue weighted by Gasteiger charge is -2.17. The van der Waals surface area contributed by atoms with Gasteiger partial charge in [0.2, 0.25) is 0 Å². The summed E-state index contributed by atoms with van der Waals surface area (Å²) in [6.45, 7) is 6.91. The maximum absolute atomic E-state index is 6.34. The van der Waals surface area contributed by atoms with E-state index in [2.05, 4.69) is 24.4 Å². The van der Waals surface area contributed by atoms with E-state index >= 15 is 0 Å². The molecule has 1 atom stereocenters. The molecule has 96 valence electrons. The van der Waals surface area contributed by atoms with Gasteiger partial charge in [0.15, 0.2) is 0 Å². The molecule has 0 radical (unpaired) electrons. The molecule has 2 nitrogen and oxygen atoms in total. The summed E-state index contributed by atoms with van der Waals surface area (Å²) in [5.74, 6) is 1.82. The van der Waals surface area contributed by atoms with Crippen LogP contribution in [0.5, 0.6) is 0 Å². The highest BCUT2D eigenvalue weighted by atomic mass is 35.5. The Kier molecular flexibility index (Phi) is 4.10. The first-order valence-corrected chi connectivity index (χ1v) is 6.55. The number of furan rings is 1. The van der Waals surface area contributed by atoms with E-state index in [1.165, 1.54) is 0 Å². The van der Waals surface area contributed by atoms with Gasteiger partial charge >= 0.3 is 0 Å². The van der Waals surface area contributed by atoms with E-state index in [4.69, 9.17) is 16.0 Å². The number of rotatable bonds is 4. The molecule has 1 aromatic heterocycles. The zero-order valence-corrected chi connectivity index (χ0v) is 11.7. The van der Waals surface area contributed by atoms with Crippen LogP contribution in [0.2, 0.25) is 5.02 Å². The lowest BCUT2D eigenvalue weighted by atomic mass is 10.0. The summed E-state index contributed by atoms with van der Waals surface area (Å²) < 4.78 is 5.72. The maximum atomic E-state index is 6.34. The Morgan fingerprint density at radius 3 is 2.56 bits per heavy atom. The fourth-order valence-electron chi connectivity index (χ4n) is 2.04. The van der Waals surface area contributed by atoms with Crippen LogP contribution < -0.4 is 5.32 Å². The van der Waals surface area contributed by atoms with E-state index in [1.807, 2.05) is 32.0 Å². The standard InChI is InChI=1S/C15H18ClNO/c1-4-17-15(14-8-6-11(3)18-14)12-7-5-10(2)9-13(12)16/h5-9,15,17H,4H2,1-3H3. The highest BCUT2D eigenvalue weighted by Crippen LogP contribution is 2.30. The predicted octanol–water partition coefficient (Wildman–Crippen LogP) is 4.25. The topological polar surface area (TPSA) is 25.2 Å². The molecule has 1 unspecified atom stereocenters. The molecular weight excluding hydrogens is 246 g/mol. The van der Waals surface area contributed by atoms with Crippen molar-refractivity contribution in [2.24, 2.45) is 0 Å². The third-order valence-electron chi connectivity index (χ3n) is 2.92. The molecule has 0 aliphatic carbocycles. The number of nitrogens with one attached hydrogen (secondary N) is 1. The van der Waals surface area contributed by atoms with Crippen LogP contribution in [0, 0.1) is 13.8 Å². The van der Waals surface area contributed by atoms with Crippen molar-refractivity contribution in [1.82, 2.24) is 5.32 Å². The van der Waals surface area contributed by atoms with Gasteiger partial charge in [-0.25, -0.2) is 0 Å². The molecule has 0 bridgehead atoms. The van der Waals surface area contributed by atoms with E-state index in [-0.39, 0.29) is 6.04 Å². The van der Waals surface area contributed by atoms with Crippen molar-refractivity contribution < 1.29 is 4.42 Å². The summed E-state index contributed by atoms with van der Waals surface area (Å²) >= 11 is 6.34. The van der Waals surface area contributed by atoms with Crippen LogP contribution in [0.15, 0.2) is 34.7 Å². The summed E-state index contributed by atoms with van der Waals surface area (Å²) in [4.78, 5) is 0. The first kappa shape index (κ1) is 13.2. The lowest BCUT2D eigenvalue weighted by Crippen LogP contribution is -2.21. The minimum Gasteiger partial charge on any atom is -0.464 e. The van der Waals surface area contributed by atoms with Crippen molar-refractivity contribution >= 4 is 11.6 Å². The number of halogens is 1. The first-order chi connectivity index (χ1) is 8.61. The molecule has 2 aromatic rings. The normalized spacial score (nSPS) is 12.7. The number of aryl methyl sites for hydroxylation is 2. The summed E-state index contributed by atoms with van der Waals surface area (Å²) in [5.41, 5.74) is 2.22. The Balaban J connectivity index is 2.41. The number of benzene rings is 1. The Bertz CT molecular complexity index is 533. The fraction of sp³-hybridized carbons (Fsp3) is 0.333. The third kappa shape index (κ3) is 2.77. The van der Waals surface area contributed by atoms with Gasteiger partial charge in [-0.15, -0.1) is 0 Å². The van der Waals surface area contributed by atoms with Gasteiger partial charge < -0.3 is 9.73 Å². The molecule has 3 heteroatoms. The Morgan fingerprint density at radius 1 is 1.22 bits per heavy atom. The lowest BCUT2D eigenvalue weighted by molar-refractivity contribution is 0.435. The highest BCUT2D eigenvalue weighted by Gasteiger charge is 2.19. The van der Waals surface area contributed by atoms with E-state index in [1.54, 1.807) is 0 Å². The zero-order valence-electron chi connectivity index (χ0n) is 11.0. The van der Waals surface area contributed by atoms with Gasteiger partial charge in [-0.3, -0.25) is 0 Å². The van der Waals surface area contributed by atoms with Crippen LogP contribution in [0.25, 0.3) is 0 Å². The number of hydrogen-bond acceptors (Lipinski definition) is 2. The van der Waals surface area contributed by atoms with Crippen LogP contribution in [-0.2, 0) is 0 Å². The summed E-state index contributed by atoms with van der Waals surface area (Å²) in [6, 6.07) is 10.1. The van der Waals surface area contributed by atoms with Crippen molar-refractivity contribution in [3.8, 4) is 0 Å². The smallest absolute Gasteiger partial charge is 0.125 e. The van der Waals surface area contributed by atoms with Gasteiger partial charge in [-0.1, -0.05) is 30.7 Å². The molecule has 1 N–H and O–H groups in total. The van der Waals surface area contributed by atoms with Gasteiger partial charge in [0.25, 0.3) is 0 Å². The number of hydrogen-bond donors (Lipinski definition) is 1. The van der Waals surface area contributed by atoms with Gasteiger partial charge in [0.05, 0.1) is 6.04 Å². The molecule has 18 heavy (non-hydrogen) atoms. The fourth-order valence-corrected chi connectivity index (χ4v) is 2.39. The van der Waals surface area contributed by atoms with Crippen LogP contribution in [0.1, 0.15) is 35.6 Å². The molecule has 0 amide bonds. The van der Waals surface area contributed by atoms with Gasteiger partial charge in [0, 0.05) is 5.02 Å². The van der Waals surface area contributed by atoms with Gasteiger partial charge in [-0.2, -0.15) is 0 Å². The van der Waals surface area contributed by atoms with E-state index < -0.39 is 0 Å². The van der Waals surface area contributed by atoms with Crippen molar-refractivity contribution in [1.29, 1.82) is 0 Å². The van der Waals surface area contributed by atoms with Gasteiger partial charge in [-0.05, 0) is 49.7 Å². The maximum Gasteiger partial charge on any atom is 0.125 e. The second kappa shape index (κ2) is 5.59. The molecule has 0 aliphatic heterocycles. The Morgan fingerprint density at radius 2 is 2.00 bits per heavy atom.